The highest BCUT2D eigenvalue weighted by atomic mass is 35.5. The van der Waals surface area contributed by atoms with E-state index in [2.05, 4.69) is 0 Å². The van der Waals surface area contributed by atoms with E-state index >= 15 is 0 Å². The molecule has 0 aliphatic carbocycles. The lowest BCUT2D eigenvalue weighted by atomic mass is 10.1. The summed E-state index contributed by atoms with van der Waals surface area (Å²) in [7, 11) is 1.54. The zero-order valence-corrected chi connectivity index (χ0v) is 15.5. The van der Waals surface area contributed by atoms with Crippen LogP contribution in [0.25, 0.3) is 0 Å². The van der Waals surface area contributed by atoms with E-state index in [1.165, 1.54) is 0 Å². The van der Waals surface area contributed by atoms with E-state index < -0.39 is 5.92 Å². The number of carbonyl (C=O) groups is 2. The molecule has 2 heterocycles. The van der Waals surface area contributed by atoms with Crippen LogP contribution in [0.2, 0.25) is 5.02 Å². The summed E-state index contributed by atoms with van der Waals surface area (Å²) in [5, 5.41) is 0.513. The molecule has 6 nitrogen and oxygen atoms in total. The van der Waals surface area contributed by atoms with Gasteiger partial charge in [-0.1, -0.05) is 11.6 Å². The van der Waals surface area contributed by atoms with Gasteiger partial charge in [-0.05, 0) is 31.2 Å². The third-order valence-electron chi connectivity index (χ3n) is 4.55. The van der Waals surface area contributed by atoms with Crippen LogP contribution in [-0.4, -0.2) is 36.9 Å². The first kappa shape index (κ1) is 18.3. The number of nitrogens with zero attached hydrogens (tertiary/aromatic N) is 2. The van der Waals surface area contributed by atoms with Gasteiger partial charge in [0.2, 0.25) is 11.8 Å². The van der Waals surface area contributed by atoms with Crippen LogP contribution in [0.4, 0.5) is 5.69 Å². The summed E-state index contributed by atoms with van der Waals surface area (Å²) in [6, 6.07) is 6.95. The lowest BCUT2D eigenvalue weighted by Crippen LogP contribution is -2.37. The monoisotopic (exact) mass is 376 g/mol. The Hall–Kier alpha value is -2.47. The molecular weight excluding hydrogens is 356 g/mol. The van der Waals surface area contributed by atoms with Crippen molar-refractivity contribution in [2.75, 3.05) is 25.1 Å². The predicted octanol–water partition coefficient (Wildman–Crippen LogP) is 3.34. The van der Waals surface area contributed by atoms with E-state index in [9.17, 15) is 9.59 Å². The first-order chi connectivity index (χ1) is 12.5. The molecule has 0 saturated carbocycles. The van der Waals surface area contributed by atoms with Crippen LogP contribution < -0.4 is 9.64 Å². The molecule has 2 aromatic rings. The zero-order chi connectivity index (χ0) is 18.7. The number of ether oxygens (including phenoxy) is 1. The van der Waals surface area contributed by atoms with Crippen molar-refractivity contribution >= 4 is 29.1 Å². The van der Waals surface area contributed by atoms with Crippen molar-refractivity contribution in [1.29, 1.82) is 0 Å². The summed E-state index contributed by atoms with van der Waals surface area (Å²) in [6.45, 7) is 3.27. The topological polar surface area (TPSA) is 63.0 Å². The summed E-state index contributed by atoms with van der Waals surface area (Å²) in [5.41, 5.74) is 1.52. The Labute approximate surface area is 157 Å². The van der Waals surface area contributed by atoms with E-state index in [-0.39, 0.29) is 18.2 Å². The van der Waals surface area contributed by atoms with Crippen LogP contribution >= 0.6 is 11.6 Å². The van der Waals surface area contributed by atoms with Crippen LogP contribution in [-0.2, 0) is 16.1 Å². The van der Waals surface area contributed by atoms with Gasteiger partial charge < -0.3 is 19.0 Å². The molecule has 2 amide bonds. The molecule has 1 aliphatic rings. The summed E-state index contributed by atoms with van der Waals surface area (Å²) in [5.74, 6) is 0.0217. The van der Waals surface area contributed by atoms with Crippen LogP contribution in [0.1, 0.15) is 18.9 Å². The molecule has 26 heavy (non-hydrogen) atoms. The van der Waals surface area contributed by atoms with Crippen molar-refractivity contribution in [2.24, 2.45) is 5.92 Å². The fourth-order valence-electron chi connectivity index (χ4n) is 3.19. The van der Waals surface area contributed by atoms with Gasteiger partial charge in [-0.2, -0.15) is 0 Å². The highest BCUT2D eigenvalue weighted by Crippen LogP contribution is 2.35. The number of rotatable bonds is 6. The van der Waals surface area contributed by atoms with Crippen molar-refractivity contribution < 1.29 is 18.7 Å². The molecule has 1 saturated heterocycles. The maximum absolute atomic E-state index is 12.9. The molecule has 0 bridgehead atoms. The van der Waals surface area contributed by atoms with Crippen LogP contribution in [0.15, 0.2) is 41.2 Å². The van der Waals surface area contributed by atoms with E-state index in [0.717, 1.165) is 5.56 Å². The molecule has 1 fully saturated rings. The first-order valence-electron chi connectivity index (χ1n) is 8.47. The number of halogens is 1. The Bertz CT molecular complexity index is 791. The molecule has 1 unspecified atom stereocenters. The fourth-order valence-corrected chi connectivity index (χ4v) is 3.35. The summed E-state index contributed by atoms with van der Waals surface area (Å²) >= 11 is 6.07. The van der Waals surface area contributed by atoms with Crippen LogP contribution in [0.3, 0.4) is 0 Å². The third kappa shape index (κ3) is 3.70. The number of furan rings is 1. The Morgan fingerprint density at radius 1 is 1.42 bits per heavy atom. The van der Waals surface area contributed by atoms with Gasteiger partial charge in [-0.15, -0.1) is 0 Å². The number of methoxy groups -OCH3 is 1. The number of anilines is 1. The molecule has 1 aromatic heterocycles. The van der Waals surface area contributed by atoms with Gasteiger partial charge in [0.25, 0.3) is 0 Å². The number of carbonyl (C=O) groups excluding carboxylic acids is 2. The third-order valence-corrected chi connectivity index (χ3v) is 4.79. The quantitative estimate of drug-likeness (QED) is 0.775. The Morgan fingerprint density at radius 3 is 2.88 bits per heavy atom. The second kappa shape index (κ2) is 7.83. The molecule has 0 N–H and O–H groups in total. The SMILES string of the molecule is CCN(Cc1ccoc1)C(=O)C1CC(=O)N(c2cc(Cl)ccc2OC)C1. The Kier molecular flexibility index (Phi) is 5.52. The smallest absolute Gasteiger partial charge is 0.228 e. The highest BCUT2D eigenvalue weighted by molar-refractivity contribution is 6.31. The summed E-state index contributed by atoms with van der Waals surface area (Å²) in [6.07, 6.45) is 3.38. The average molecular weight is 377 g/mol. The second-order valence-electron chi connectivity index (χ2n) is 6.21. The van der Waals surface area contributed by atoms with Crippen molar-refractivity contribution in [3.8, 4) is 5.75 Å². The summed E-state index contributed by atoms with van der Waals surface area (Å²) < 4.78 is 10.4. The highest BCUT2D eigenvalue weighted by Gasteiger charge is 2.38. The number of hydrogen-bond donors (Lipinski definition) is 0. The van der Waals surface area contributed by atoms with E-state index in [0.29, 0.717) is 36.1 Å². The van der Waals surface area contributed by atoms with Gasteiger partial charge in [-0.3, -0.25) is 9.59 Å². The molecular formula is C19H21ClN2O4. The first-order valence-corrected chi connectivity index (χ1v) is 8.85. The largest absolute Gasteiger partial charge is 0.495 e. The van der Waals surface area contributed by atoms with Crippen LogP contribution in [0, 0.1) is 5.92 Å². The summed E-state index contributed by atoms with van der Waals surface area (Å²) in [4.78, 5) is 28.8. The van der Waals surface area contributed by atoms with Gasteiger partial charge in [0, 0.05) is 36.6 Å². The average Bonchev–Trinajstić information content (AvgIpc) is 3.28. The normalized spacial score (nSPS) is 16.8. The fraction of sp³-hybridized carbons (Fsp3) is 0.368. The second-order valence-corrected chi connectivity index (χ2v) is 6.64. The standard InChI is InChI=1S/C19H21ClN2O4/c1-3-21(10-13-6-7-26-12-13)19(24)14-8-18(23)22(11-14)16-9-15(20)4-5-17(16)25-2/h4-7,9,12,14H,3,8,10-11H2,1-2H3. The van der Waals surface area contributed by atoms with Gasteiger partial charge in [-0.25, -0.2) is 0 Å². The van der Waals surface area contributed by atoms with Crippen LogP contribution in [0.5, 0.6) is 5.75 Å². The molecule has 138 valence electrons. The molecule has 0 spiro atoms. The Morgan fingerprint density at radius 2 is 2.23 bits per heavy atom. The van der Waals surface area contributed by atoms with Gasteiger partial charge in [0.05, 0.1) is 31.2 Å². The van der Waals surface area contributed by atoms with Crippen molar-refractivity contribution in [1.82, 2.24) is 4.90 Å². The molecule has 1 aliphatic heterocycles. The molecule has 3 rings (SSSR count). The number of benzene rings is 1. The molecule has 1 aromatic carbocycles. The maximum atomic E-state index is 12.9. The molecule has 7 heteroatoms. The van der Waals surface area contributed by atoms with Crippen molar-refractivity contribution in [3.63, 3.8) is 0 Å². The lowest BCUT2D eigenvalue weighted by molar-refractivity contribution is -0.136. The van der Waals surface area contributed by atoms with Crippen molar-refractivity contribution in [2.45, 2.75) is 19.9 Å². The maximum Gasteiger partial charge on any atom is 0.228 e. The molecule has 0 radical (unpaired) electrons. The Balaban J connectivity index is 1.76. The molecule has 1 atom stereocenters. The van der Waals surface area contributed by atoms with Gasteiger partial charge in [0.1, 0.15) is 5.75 Å². The minimum atomic E-state index is -0.391. The minimum Gasteiger partial charge on any atom is -0.495 e. The number of amides is 2. The van der Waals surface area contributed by atoms with Gasteiger partial charge in [0.15, 0.2) is 0 Å². The predicted molar refractivity (Wildman–Crippen MR) is 98.3 cm³/mol. The minimum absolute atomic E-state index is 0.0365. The van der Waals surface area contributed by atoms with Crippen molar-refractivity contribution in [3.05, 3.63) is 47.4 Å². The number of hydrogen-bond acceptors (Lipinski definition) is 4. The lowest BCUT2D eigenvalue weighted by Gasteiger charge is -2.24. The van der Waals surface area contributed by atoms with E-state index in [4.69, 9.17) is 20.8 Å². The van der Waals surface area contributed by atoms with E-state index in [1.807, 2.05) is 13.0 Å². The van der Waals surface area contributed by atoms with Gasteiger partial charge >= 0.3 is 0 Å². The van der Waals surface area contributed by atoms with E-state index in [1.54, 1.807) is 47.6 Å². The zero-order valence-electron chi connectivity index (χ0n) is 14.8.